The van der Waals surface area contributed by atoms with E-state index in [4.69, 9.17) is 5.11 Å². The molecule has 9 heteroatoms. The predicted molar refractivity (Wildman–Crippen MR) is 115 cm³/mol. The lowest BCUT2D eigenvalue weighted by Gasteiger charge is -2.16. The molecule has 8 nitrogen and oxygen atoms in total. The molecular formula is C21H25N5O3S. The van der Waals surface area contributed by atoms with Crippen LogP contribution in [0.5, 0.6) is 0 Å². The summed E-state index contributed by atoms with van der Waals surface area (Å²) in [4.78, 5) is 33.5. The molecule has 1 fully saturated rings. The van der Waals surface area contributed by atoms with Crippen molar-refractivity contribution >= 4 is 33.4 Å². The van der Waals surface area contributed by atoms with Gasteiger partial charge in [0.05, 0.1) is 11.5 Å². The van der Waals surface area contributed by atoms with Gasteiger partial charge in [0.15, 0.2) is 5.69 Å². The Bertz CT molecular complexity index is 1090. The molecule has 0 spiro atoms. The summed E-state index contributed by atoms with van der Waals surface area (Å²) in [5.74, 6) is -0.232. The second-order valence-corrected chi connectivity index (χ2v) is 8.45. The van der Waals surface area contributed by atoms with Crippen LogP contribution in [0.4, 0.5) is 0 Å². The Labute approximate surface area is 178 Å². The van der Waals surface area contributed by atoms with Crippen LogP contribution < -0.4 is 5.32 Å². The number of pyridine rings is 1. The van der Waals surface area contributed by atoms with Crippen LogP contribution in [-0.4, -0.2) is 63.2 Å². The van der Waals surface area contributed by atoms with Crippen molar-refractivity contribution in [2.75, 3.05) is 26.2 Å². The lowest BCUT2D eigenvalue weighted by atomic mass is 9.95. The number of aliphatic hydroxyl groups is 1. The minimum atomic E-state index is -0.206. The van der Waals surface area contributed by atoms with Crippen LogP contribution in [0.1, 0.15) is 56.2 Å². The van der Waals surface area contributed by atoms with E-state index in [2.05, 4.69) is 20.5 Å². The standard InChI is InChI=1S/C21H25N5O3S/c1-3-15-12(2)17(25-24-15)21(29)26-9-6-13(11-26)16-14-5-4-7-23-20(14)30-18(16)19(28)22-8-10-27/h4-5,7,13,27H,3,6,8-11H2,1-2H3,(H,22,28)(H,24,25)/t13-/m0/s1. The normalized spacial score (nSPS) is 16.4. The number of H-pyrrole nitrogens is 1. The van der Waals surface area contributed by atoms with Crippen molar-refractivity contribution in [2.45, 2.75) is 32.6 Å². The van der Waals surface area contributed by atoms with Gasteiger partial charge in [0.25, 0.3) is 11.8 Å². The number of thiophene rings is 1. The van der Waals surface area contributed by atoms with E-state index in [9.17, 15) is 9.59 Å². The number of fused-ring (bicyclic) bond motifs is 1. The molecule has 1 saturated heterocycles. The average molecular weight is 428 g/mol. The lowest BCUT2D eigenvalue weighted by Crippen LogP contribution is -2.30. The number of carbonyl (C=O) groups excluding carboxylic acids is 2. The van der Waals surface area contributed by atoms with Crippen LogP contribution in [0.15, 0.2) is 18.3 Å². The Kier molecular flexibility index (Phi) is 5.83. The Balaban J connectivity index is 1.62. The quantitative estimate of drug-likeness (QED) is 0.559. The highest BCUT2D eigenvalue weighted by Gasteiger charge is 2.34. The van der Waals surface area contributed by atoms with Crippen molar-refractivity contribution in [3.05, 3.63) is 45.7 Å². The number of aliphatic hydroxyl groups excluding tert-OH is 1. The summed E-state index contributed by atoms with van der Waals surface area (Å²) in [6.45, 7) is 5.19. The molecule has 1 aliphatic heterocycles. The number of rotatable bonds is 6. The Morgan fingerprint density at radius 1 is 1.43 bits per heavy atom. The molecule has 2 amide bonds. The first-order valence-corrected chi connectivity index (χ1v) is 11.0. The van der Waals surface area contributed by atoms with E-state index >= 15 is 0 Å². The van der Waals surface area contributed by atoms with E-state index in [1.54, 1.807) is 6.20 Å². The summed E-state index contributed by atoms with van der Waals surface area (Å²) in [6, 6.07) is 3.85. The molecular weight excluding hydrogens is 402 g/mol. The zero-order chi connectivity index (χ0) is 21.3. The van der Waals surface area contributed by atoms with Crippen LogP contribution in [0, 0.1) is 6.92 Å². The first kappa shape index (κ1) is 20.5. The monoisotopic (exact) mass is 427 g/mol. The molecule has 0 unspecified atom stereocenters. The molecule has 0 saturated carbocycles. The lowest BCUT2D eigenvalue weighted by molar-refractivity contribution is 0.0784. The highest BCUT2D eigenvalue weighted by molar-refractivity contribution is 7.20. The Morgan fingerprint density at radius 2 is 2.27 bits per heavy atom. The van der Waals surface area contributed by atoms with Crippen molar-refractivity contribution in [3.8, 4) is 0 Å². The second kappa shape index (κ2) is 8.53. The van der Waals surface area contributed by atoms with Crippen LogP contribution in [-0.2, 0) is 6.42 Å². The summed E-state index contributed by atoms with van der Waals surface area (Å²) in [5, 5.41) is 20.0. The Morgan fingerprint density at radius 3 is 3.00 bits per heavy atom. The van der Waals surface area contributed by atoms with Crippen molar-refractivity contribution in [3.63, 3.8) is 0 Å². The number of amides is 2. The van der Waals surface area contributed by atoms with Gasteiger partial charge in [0.2, 0.25) is 0 Å². The smallest absolute Gasteiger partial charge is 0.274 e. The summed E-state index contributed by atoms with van der Waals surface area (Å²) < 4.78 is 0. The number of aromatic nitrogens is 3. The molecule has 1 atom stereocenters. The van der Waals surface area contributed by atoms with Crippen molar-refractivity contribution in [1.82, 2.24) is 25.4 Å². The summed E-state index contributed by atoms with van der Waals surface area (Å²) >= 11 is 1.36. The maximum absolute atomic E-state index is 13.1. The van der Waals surface area contributed by atoms with Gasteiger partial charge < -0.3 is 15.3 Å². The highest BCUT2D eigenvalue weighted by atomic mass is 32.1. The molecule has 0 aliphatic carbocycles. The topological polar surface area (TPSA) is 111 Å². The molecule has 158 valence electrons. The van der Waals surface area contributed by atoms with Gasteiger partial charge in [-0.1, -0.05) is 13.0 Å². The number of hydrogen-bond acceptors (Lipinski definition) is 6. The van der Waals surface area contributed by atoms with Gasteiger partial charge in [-0.15, -0.1) is 11.3 Å². The van der Waals surface area contributed by atoms with Gasteiger partial charge in [-0.05, 0) is 31.4 Å². The SMILES string of the molecule is CCc1[nH]nc(C(=O)N2CC[C@H](c3c(C(=O)NCCO)sc4ncccc34)C2)c1C. The molecule has 3 aromatic heterocycles. The minimum absolute atomic E-state index is 0.0478. The number of likely N-dealkylation sites (tertiary alicyclic amines) is 1. The van der Waals surface area contributed by atoms with Crippen molar-refractivity contribution < 1.29 is 14.7 Å². The van der Waals surface area contributed by atoms with Gasteiger partial charge in [-0.25, -0.2) is 4.98 Å². The van der Waals surface area contributed by atoms with Crippen molar-refractivity contribution in [1.29, 1.82) is 0 Å². The molecule has 4 heterocycles. The van der Waals surface area contributed by atoms with E-state index in [-0.39, 0.29) is 30.9 Å². The Hall–Kier alpha value is -2.78. The fourth-order valence-electron chi connectivity index (χ4n) is 4.09. The third-order valence-electron chi connectivity index (χ3n) is 5.66. The zero-order valence-electron chi connectivity index (χ0n) is 17.1. The van der Waals surface area contributed by atoms with Crippen LogP contribution in [0.2, 0.25) is 0 Å². The van der Waals surface area contributed by atoms with E-state index in [0.29, 0.717) is 23.7 Å². The number of aryl methyl sites for hydroxylation is 1. The van der Waals surface area contributed by atoms with Gasteiger partial charge in [0, 0.05) is 48.4 Å². The molecule has 1 aliphatic rings. The second-order valence-electron chi connectivity index (χ2n) is 7.45. The van der Waals surface area contributed by atoms with Gasteiger partial charge in [0.1, 0.15) is 4.83 Å². The first-order valence-electron chi connectivity index (χ1n) is 10.1. The molecule has 3 aromatic rings. The molecule has 3 N–H and O–H groups in total. The average Bonchev–Trinajstić information content (AvgIpc) is 3.47. The fourth-order valence-corrected chi connectivity index (χ4v) is 5.24. The van der Waals surface area contributed by atoms with Crippen LogP contribution in [0.25, 0.3) is 10.2 Å². The van der Waals surface area contributed by atoms with Gasteiger partial charge >= 0.3 is 0 Å². The molecule has 0 bridgehead atoms. The number of aromatic amines is 1. The van der Waals surface area contributed by atoms with Crippen molar-refractivity contribution in [2.24, 2.45) is 0 Å². The zero-order valence-corrected chi connectivity index (χ0v) is 17.9. The molecule has 0 radical (unpaired) electrons. The maximum atomic E-state index is 13.1. The first-order chi connectivity index (χ1) is 14.5. The number of carbonyl (C=O) groups is 2. The molecule has 0 aromatic carbocycles. The number of nitrogens with one attached hydrogen (secondary N) is 2. The van der Waals surface area contributed by atoms with Gasteiger partial charge in [-0.2, -0.15) is 5.10 Å². The summed E-state index contributed by atoms with van der Waals surface area (Å²) in [5.41, 5.74) is 3.30. The van der Waals surface area contributed by atoms with E-state index in [1.165, 1.54) is 11.3 Å². The highest BCUT2D eigenvalue weighted by Crippen LogP contribution is 2.39. The van der Waals surface area contributed by atoms with Crippen LogP contribution >= 0.6 is 11.3 Å². The summed E-state index contributed by atoms with van der Waals surface area (Å²) in [6.07, 6.45) is 3.29. The van der Waals surface area contributed by atoms with Gasteiger partial charge in [-0.3, -0.25) is 14.7 Å². The third kappa shape index (κ3) is 3.59. The van der Waals surface area contributed by atoms with Crippen LogP contribution in [0.3, 0.4) is 0 Å². The van der Waals surface area contributed by atoms with E-state index < -0.39 is 0 Å². The molecule has 30 heavy (non-hydrogen) atoms. The van der Waals surface area contributed by atoms with E-state index in [1.807, 2.05) is 30.9 Å². The minimum Gasteiger partial charge on any atom is -0.395 e. The predicted octanol–water partition coefficient (Wildman–Crippen LogP) is 2.24. The number of nitrogens with zero attached hydrogens (tertiary/aromatic N) is 3. The third-order valence-corrected chi connectivity index (χ3v) is 6.79. The molecule has 4 rings (SSSR count). The largest absolute Gasteiger partial charge is 0.395 e. The maximum Gasteiger partial charge on any atom is 0.274 e. The number of hydrogen-bond donors (Lipinski definition) is 3. The van der Waals surface area contributed by atoms with E-state index in [0.717, 1.165) is 39.9 Å². The fraction of sp³-hybridized carbons (Fsp3) is 0.429. The summed E-state index contributed by atoms with van der Waals surface area (Å²) in [7, 11) is 0.